The van der Waals surface area contributed by atoms with Crippen LogP contribution in [0, 0.1) is 5.82 Å². The Morgan fingerprint density at radius 3 is 2.37 bits per heavy atom. The molecule has 220 valence electrons. The Morgan fingerprint density at radius 1 is 0.930 bits per heavy atom. The highest BCUT2D eigenvalue weighted by Gasteiger charge is 2.12. The summed E-state index contributed by atoms with van der Waals surface area (Å²) in [5.41, 5.74) is 4.54. The third kappa shape index (κ3) is 7.72. The second-order valence-corrected chi connectivity index (χ2v) is 9.90. The number of fused-ring (bicyclic) bond motifs is 1. The molecule has 0 aliphatic heterocycles. The number of amides is 2. The molecule has 5 rings (SSSR count). The van der Waals surface area contributed by atoms with Crippen molar-refractivity contribution in [3.63, 3.8) is 0 Å². The molecule has 5 aromatic rings. The van der Waals surface area contributed by atoms with Gasteiger partial charge in [-0.2, -0.15) is 4.98 Å². The number of nitrogens with one attached hydrogen (secondary N) is 3. The molecule has 0 aliphatic carbocycles. The van der Waals surface area contributed by atoms with Crippen molar-refractivity contribution in [1.82, 2.24) is 24.8 Å². The van der Waals surface area contributed by atoms with Gasteiger partial charge >= 0.3 is 0 Å². The number of benzene rings is 3. The van der Waals surface area contributed by atoms with Gasteiger partial charge in [-0.25, -0.2) is 8.91 Å². The fraction of sp³-hybridized carbons (Fsp3) is 0.188. The summed E-state index contributed by atoms with van der Waals surface area (Å²) in [6.45, 7) is 1.50. The summed E-state index contributed by atoms with van der Waals surface area (Å²) >= 11 is 0. The first-order valence-electron chi connectivity index (χ1n) is 13.8. The van der Waals surface area contributed by atoms with E-state index in [1.54, 1.807) is 52.9 Å². The highest BCUT2D eigenvalue weighted by atomic mass is 19.1. The van der Waals surface area contributed by atoms with E-state index in [1.165, 1.54) is 12.1 Å². The highest BCUT2D eigenvalue weighted by molar-refractivity contribution is 5.94. The molecule has 0 saturated carbocycles. The van der Waals surface area contributed by atoms with Crippen LogP contribution in [0.4, 0.5) is 16.0 Å². The number of halogens is 1. The molecule has 3 aromatic carbocycles. The van der Waals surface area contributed by atoms with Crippen LogP contribution in [-0.2, 0) is 11.2 Å². The maximum Gasteiger partial charge on any atom is 0.253 e. The number of nitrogens with zero attached hydrogens (tertiary/aromatic N) is 4. The average Bonchev–Trinajstić information content (AvgIpc) is 3.43. The molecule has 0 spiro atoms. The van der Waals surface area contributed by atoms with Crippen molar-refractivity contribution in [3.8, 4) is 16.9 Å². The van der Waals surface area contributed by atoms with Crippen LogP contribution in [0.25, 0.3) is 16.8 Å². The fourth-order valence-electron chi connectivity index (χ4n) is 4.35. The lowest BCUT2D eigenvalue weighted by molar-refractivity contribution is -0.115. The summed E-state index contributed by atoms with van der Waals surface area (Å²) in [5.74, 6) is 0.470. The lowest BCUT2D eigenvalue weighted by atomic mass is 10.1. The number of hydrogen-bond donors (Lipinski definition) is 3. The van der Waals surface area contributed by atoms with Crippen LogP contribution in [0.3, 0.4) is 0 Å². The largest absolute Gasteiger partial charge is 0.473 e. The Bertz CT molecular complexity index is 1690. The molecule has 0 unspecified atom stereocenters. The molecule has 0 saturated heterocycles. The number of carbonyl (C=O) groups is 2. The highest BCUT2D eigenvalue weighted by Crippen LogP contribution is 2.22. The fourth-order valence-corrected chi connectivity index (χ4v) is 4.35. The Kier molecular flexibility index (Phi) is 9.23. The van der Waals surface area contributed by atoms with Gasteiger partial charge < -0.3 is 25.6 Å². The standard InChI is InChI=1S/C32H32FN7O3/c1-34-17-18-39(2)31(42)24-7-14-28(15-8-24)43-21-35-32-37-29-16-9-25(20-40(29)38-32)23-5-12-27(13-6-23)36-30(41)19-22-3-10-26(33)11-4-22/h3-16,20,34H,17-19,21H2,1-2H3,(H,35,38)(H,36,41). The summed E-state index contributed by atoms with van der Waals surface area (Å²) in [7, 11) is 3.63. The summed E-state index contributed by atoms with van der Waals surface area (Å²) in [6, 6.07) is 24.2. The van der Waals surface area contributed by atoms with E-state index >= 15 is 0 Å². The van der Waals surface area contributed by atoms with Gasteiger partial charge in [-0.05, 0) is 78.8 Å². The number of aromatic nitrogens is 3. The first-order valence-corrected chi connectivity index (χ1v) is 13.8. The molecule has 11 heteroatoms. The molecule has 43 heavy (non-hydrogen) atoms. The van der Waals surface area contributed by atoms with Gasteiger partial charge in [-0.15, -0.1) is 5.10 Å². The topological polar surface area (TPSA) is 113 Å². The van der Waals surface area contributed by atoms with E-state index in [1.807, 2.05) is 49.6 Å². The van der Waals surface area contributed by atoms with E-state index in [9.17, 15) is 14.0 Å². The van der Waals surface area contributed by atoms with Crippen LogP contribution in [0.5, 0.6) is 5.75 Å². The van der Waals surface area contributed by atoms with Gasteiger partial charge in [0.2, 0.25) is 11.9 Å². The zero-order valence-corrected chi connectivity index (χ0v) is 23.9. The maximum atomic E-state index is 13.1. The number of ether oxygens (including phenoxy) is 1. The molecular formula is C32H32FN7O3. The van der Waals surface area contributed by atoms with Crippen molar-refractivity contribution in [2.24, 2.45) is 0 Å². The van der Waals surface area contributed by atoms with Crippen molar-refractivity contribution in [2.75, 3.05) is 44.5 Å². The summed E-state index contributed by atoms with van der Waals surface area (Å²) in [5, 5.41) is 13.5. The summed E-state index contributed by atoms with van der Waals surface area (Å²) < 4.78 is 20.5. The zero-order valence-electron chi connectivity index (χ0n) is 23.9. The van der Waals surface area contributed by atoms with Gasteiger partial charge in [0.15, 0.2) is 12.4 Å². The van der Waals surface area contributed by atoms with Crippen molar-refractivity contribution in [1.29, 1.82) is 0 Å². The maximum absolute atomic E-state index is 13.1. The number of hydrogen-bond acceptors (Lipinski definition) is 7. The van der Waals surface area contributed by atoms with E-state index in [4.69, 9.17) is 4.74 Å². The predicted molar refractivity (Wildman–Crippen MR) is 164 cm³/mol. The van der Waals surface area contributed by atoms with Gasteiger partial charge in [-0.1, -0.05) is 24.3 Å². The number of carbonyl (C=O) groups excluding carboxylic acids is 2. The Balaban J connectivity index is 1.14. The van der Waals surface area contributed by atoms with Crippen LogP contribution in [-0.4, -0.2) is 65.2 Å². The van der Waals surface area contributed by atoms with Crippen molar-refractivity contribution < 1.29 is 18.7 Å². The molecule has 2 aromatic heterocycles. The third-order valence-electron chi connectivity index (χ3n) is 6.73. The van der Waals surface area contributed by atoms with E-state index in [-0.39, 0.29) is 30.8 Å². The first-order chi connectivity index (χ1) is 20.9. The number of pyridine rings is 1. The van der Waals surface area contributed by atoms with Crippen LogP contribution in [0.2, 0.25) is 0 Å². The smallest absolute Gasteiger partial charge is 0.253 e. The quantitative estimate of drug-likeness (QED) is 0.187. The monoisotopic (exact) mass is 581 g/mol. The van der Waals surface area contributed by atoms with Crippen molar-refractivity contribution in [2.45, 2.75) is 6.42 Å². The minimum absolute atomic E-state index is 0.0468. The molecule has 2 amide bonds. The average molecular weight is 582 g/mol. The van der Waals surface area contributed by atoms with Gasteiger partial charge in [-0.3, -0.25) is 9.59 Å². The lowest BCUT2D eigenvalue weighted by Gasteiger charge is -2.17. The van der Waals surface area contributed by atoms with Gasteiger partial charge in [0.05, 0.1) is 6.42 Å². The Morgan fingerprint density at radius 2 is 1.65 bits per heavy atom. The number of rotatable bonds is 12. The van der Waals surface area contributed by atoms with E-state index in [0.29, 0.717) is 35.1 Å². The lowest BCUT2D eigenvalue weighted by Crippen LogP contribution is -2.32. The predicted octanol–water partition coefficient (Wildman–Crippen LogP) is 4.46. The molecule has 10 nitrogen and oxygen atoms in total. The Hall–Kier alpha value is -5.29. The third-order valence-corrected chi connectivity index (χ3v) is 6.73. The van der Waals surface area contributed by atoms with Crippen LogP contribution in [0.1, 0.15) is 15.9 Å². The molecule has 3 N–H and O–H groups in total. The van der Waals surface area contributed by atoms with Crippen LogP contribution >= 0.6 is 0 Å². The summed E-state index contributed by atoms with van der Waals surface area (Å²) in [4.78, 5) is 31.0. The van der Waals surface area contributed by atoms with Gasteiger partial charge in [0.25, 0.3) is 5.91 Å². The van der Waals surface area contributed by atoms with Crippen LogP contribution < -0.4 is 20.7 Å². The minimum atomic E-state index is -0.331. The minimum Gasteiger partial charge on any atom is -0.473 e. The van der Waals surface area contributed by atoms with E-state index in [0.717, 1.165) is 23.2 Å². The van der Waals surface area contributed by atoms with Crippen molar-refractivity contribution in [3.05, 3.63) is 108 Å². The molecule has 0 radical (unpaired) electrons. The molecule has 2 heterocycles. The van der Waals surface area contributed by atoms with Crippen molar-refractivity contribution >= 4 is 29.1 Å². The second kappa shape index (κ2) is 13.6. The molecular weight excluding hydrogens is 549 g/mol. The van der Waals surface area contributed by atoms with Gasteiger partial charge in [0.1, 0.15) is 11.6 Å². The number of likely N-dealkylation sites (N-methyl/N-ethyl adjacent to an activating group) is 2. The van der Waals surface area contributed by atoms with Gasteiger partial charge in [0, 0.05) is 43.1 Å². The second-order valence-electron chi connectivity index (χ2n) is 9.90. The number of anilines is 2. The normalized spacial score (nSPS) is 10.9. The van der Waals surface area contributed by atoms with E-state index in [2.05, 4.69) is 26.0 Å². The molecule has 0 bridgehead atoms. The van der Waals surface area contributed by atoms with Crippen LogP contribution in [0.15, 0.2) is 91.1 Å². The van der Waals surface area contributed by atoms with E-state index < -0.39 is 0 Å². The summed E-state index contributed by atoms with van der Waals surface area (Å²) in [6.07, 6.45) is 2.04. The molecule has 0 aliphatic rings. The first kappa shape index (κ1) is 29.2. The molecule has 0 atom stereocenters. The molecule has 0 fully saturated rings. The Labute approximate surface area is 248 Å². The zero-order chi connectivity index (χ0) is 30.2. The SMILES string of the molecule is CNCCN(C)C(=O)c1ccc(OCNc2nc3ccc(-c4ccc(NC(=O)Cc5ccc(F)cc5)cc4)cn3n2)cc1.